The Bertz CT molecular complexity index is 381. The number of aromatic nitrogens is 2. The lowest BCUT2D eigenvalue weighted by Gasteiger charge is -2.22. The highest BCUT2D eigenvalue weighted by atomic mass is 79.9. The first kappa shape index (κ1) is 14.5. The first-order valence-corrected chi connectivity index (χ1v) is 8.29. The molecule has 0 amide bonds. The maximum atomic E-state index is 5.16. The third-order valence-corrected chi connectivity index (χ3v) is 5.33. The molecule has 0 saturated heterocycles. The Kier molecular flexibility index (Phi) is 5.70. The van der Waals surface area contributed by atoms with Gasteiger partial charge in [-0.2, -0.15) is 5.10 Å². The van der Waals surface area contributed by atoms with E-state index in [-0.39, 0.29) is 0 Å². The van der Waals surface area contributed by atoms with Crippen LogP contribution in [0.4, 0.5) is 0 Å². The molecule has 1 fully saturated rings. The van der Waals surface area contributed by atoms with Crippen LogP contribution in [0.15, 0.2) is 10.7 Å². The van der Waals surface area contributed by atoms with E-state index in [1.54, 1.807) is 7.11 Å². The van der Waals surface area contributed by atoms with Gasteiger partial charge in [0, 0.05) is 17.9 Å². The van der Waals surface area contributed by atoms with Crippen molar-refractivity contribution in [2.45, 2.75) is 49.4 Å². The molecule has 18 heavy (non-hydrogen) atoms. The summed E-state index contributed by atoms with van der Waals surface area (Å²) in [5.74, 6) is 0.557. The molecular formula is C13H20Br2N2O. The lowest BCUT2D eigenvalue weighted by molar-refractivity contribution is 0.182. The van der Waals surface area contributed by atoms with Crippen molar-refractivity contribution in [2.75, 3.05) is 13.7 Å². The Hall–Kier alpha value is 0.130. The molecule has 0 radical (unpaired) electrons. The van der Waals surface area contributed by atoms with Gasteiger partial charge in [0.15, 0.2) is 0 Å². The van der Waals surface area contributed by atoms with Crippen molar-refractivity contribution >= 4 is 31.9 Å². The van der Waals surface area contributed by atoms with Crippen molar-refractivity contribution in [3.63, 3.8) is 0 Å². The SMILES string of the molecule is COCCn1ncc(Br)c1C1CCCCCC1Br. The third-order valence-electron chi connectivity index (χ3n) is 3.62. The van der Waals surface area contributed by atoms with Crippen molar-refractivity contribution in [1.29, 1.82) is 0 Å². The molecule has 3 nitrogen and oxygen atoms in total. The summed E-state index contributed by atoms with van der Waals surface area (Å²) < 4.78 is 8.39. The molecule has 2 unspecified atom stereocenters. The Balaban J connectivity index is 2.21. The molecule has 2 rings (SSSR count). The average molecular weight is 380 g/mol. The fraction of sp³-hybridized carbons (Fsp3) is 0.769. The standard InChI is InChI=1S/C13H20Br2N2O/c1-18-8-7-17-13(12(15)9-16-17)10-5-3-2-4-6-11(10)14/h9-11H,2-8H2,1H3. The van der Waals surface area contributed by atoms with Gasteiger partial charge < -0.3 is 4.74 Å². The molecule has 2 atom stereocenters. The first-order valence-electron chi connectivity index (χ1n) is 6.58. The number of hydrogen-bond acceptors (Lipinski definition) is 2. The second-order valence-corrected chi connectivity index (χ2v) is 6.88. The Morgan fingerprint density at radius 2 is 2.17 bits per heavy atom. The number of rotatable bonds is 4. The van der Waals surface area contributed by atoms with E-state index in [2.05, 4.69) is 41.6 Å². The molecule has 5 heteroatoms. The lowest BCUT2D eigenvalue weighted by Crippen LogP contribution is -2.18. The van der Waals surface area contributed by atoms with Crippen LogP contribution in [0, 0.1) is 0 Å². The zero-order chi connectivity index (χ0) is 13.0. The molecule has 1 aromatic heterocycles. The van der Waals surface area contributed by atoms with Crippen LogP contribution in [0.5, 0.6) is 0 Å². The van der Waals surface area contributed by atoms with Gasteiger partial charge >= 0.3 is 0 Å². The second kappa shape index (κ2) is 7.06. The highest BCUT2D eigenvalue weighted by Crippen LogP contribution is 2.39. The smallest absolute Gasteiger partial charge is 0.0658 e. The molecule has 0 aliphatic heterocycles. The van der Waals surface area contributed by atoms with Gasteiger partial charge in [0.05, 0.1) is 29.5 Å². The molecule has 1 heterocycles. The summed E-state index contributed by atoms with van der Waals surface area (Å²) >= 11 is 7.52. The van der Waals surface area contributed by atoms with Gasteiger partial charge in [-0.3, -0.25) is 4.68 Å². The molecule has 1 aromatic rings. The molecule has 102 valence electrons. The lowest BCUT2D eigenvalue weighted by atomic mass is 9.96. The predicted octanol–water partition coefficient (Wildman–Crippen LogP) is 4.10. The van der Waals surface area contributed by atoms with E-state index < -0.39 is 0 Å². The minimum Gasteiger partial charge on any atom is -0.383 e. The monoisotopic (exact) mass is 378 g/mol. The minimum absolute atomic E-state index is 0.557. The van der Waals surface area contributed by atoms with Crippen LogP contribution < -0.4 is 0 Å². The fourth-order valence-corrected chi connectivity index (χ4v) is 4.10. The topological polar surface area (TPSA) is 27.1 Å². The number of hydrogen-bond donors (Lipinski definition) is 0. The quantitative estimate of drug-likeness (QED) is 0.581. The van der Waals surface area contributed by atoms with E-state index >= 15 is 0 Å². The number of halogens is 2. The summed E-state index contributed by atoms with van der Waals surface area (Å²) in [7, 11) is 1.73. The van der Waals surface area contributed by atoms with Crippen LogP contribution >= 0.6 is 31.9 Å². The van der Waals surface area contributed by atoms with Gasteiger partial charge in [-0.05, 0) is 28.8 Å². The van der Waals surface area contributed by atoms with Gasteiger partial charge in [-0.1, -0.05) is 35.2 Å². The summed E-state index contributed by atoms with van der Waals surface area (Å²) in [5, 5.41) is 4.46. The van der Waals surface area contributed by atoms with E-state index in [0.29, 0.717) is 17.4 Å². The van der Waals surface area contributed by atoms with Gasteiger partial charge in [0.2, 0.25) is 0 Å². The van der Waals surface area contributed by atoms with E-state index in [1.807, 2.05) is 6.20 Å². The molecule has 0 bridgehead atoms. The molecule has 1 aliphatic carbocycles. The van der Waals surface area contributed by atoms with E-state index in [1.165, 1.54) is 37.8 Å². The van der Waals surface area contributed by atoms with Crippen molar-refractivity contribution < 1.29 is 4.74 Å². The van der Waals surface area contributed by atoms with Crippen LogP contribution in [-0.2, 0) is 11.3 Å². The Morgan fingerprint density at radius 1 is 1.39 bits per heavy atom. The highest BCUT2D eigenvalue weighted by molar-refractivity contribution is 9.10. The summed E-state index contributed by atoms with van der Waals surface area (Å²) in [6.45, 7) is 1.54. The number of alkyl halides is 1. The van der Waals surface area contributed by atoms with Crippen LogP contribution in [0.2, 0.25) is 0 Å². The number of nitrogens with zero attached hydrogens (tertiary/aromatic N) is 2. The molecule has 1 saturated carbocycles. The predicted molar refractivity (Wildman–Crippen MR) is 80.3 cm³/mol. The molecule has 0 aromatic carbocycles. The summed E-state index contributed by atoms with van der Waals surface area (Å²) in [6, 6.07) is 0. The fourth-order valence-electron chi connectivity index (χ4n) is 2.67. The normalized spacial score (nSPS) is 25.1. The number of ether oxygens (including phenoxy) is 1. The van der Waals surface area contributed by atoms with Gasteiger partial charge in [-0.15, -0.1) is 0 Å². The van der Waals surface area contributed by atoms with Crippen molar-refractivity contribution in [2.24, 2.45) is 0 Å². The maximum absolute atomic E-state index is 5.16. The summed E-state index contributed by atoms with van der Waals surface area (Å²) in [4.78, 5) is 0.564. The Morgan fingerprint density at radius 3 is 2.94 bits per heavy atom. The number of methoxy groups -OCH3 is 1. The van der Waals surface area contributed by atoms with Crippen molar-refractivity contribution in [3.8, 4) is 0 Å². The van der Waals surface area contributed by atoms with Gasteiger partial charge in [0.25, 0.3) is 0 Å². The van der Waals surface area contributed by atoms with Gasteiger partial charge in [-0.25, -0.2) is 0 Å². The maximum Gasteiger partial charge on any atom is 0.0658 e. The van der Waals surface area contributed by atoms with E-state index in [4.69, 9.17) is 4.74 Å². The molecular weight excluding hydrogens is 360 g/mol. The first-order chi connectivity index (χ1) is 8.74. The summed E-state index contributed by atoms with van der Waals surface area (Å²) in [5.41, 5.74) is 1.33. The second-order valence-electron chi connectivity index (χ2n) is 4.85. The third kappa shape index (κ3) is 3.36. The van der Waals surface area contributed by atoms with Crippen molar-refractivity contribution in [3.05, 3.63) is 16.4 Å². The van der Waals surface area contributed by atoms with Crippen molar-refractivity contribution in [1.82, 2.24) is 9.78 Å². The van der Waals surface area contributed by atoms with Crippen LogP contribution in [0.1, 0.15) is 43.7 Å². The van der Waals surface area contributed by atoms with Crippen LogP contribution in [0.25, 0.3) is 0 Å². The zero-order valence-electron chi connectivity index (χ0n) is 10.7. The van der Waals surface area contributed by atoms with Crippen LogP contribution in [0.3, 0.4) is 0 Å². The largest absolute Gasteiger partial charge is 0.383 e. The van der Waals surface area contributed by atoms with E-state index in [0.717, 1.165) is 11.0 Å². The van der Waals surface area contributed by atoms with Gasteiger partial charge in [0.1, 0.15) is 0 Å². The highest BCUT2D eigenvalue weighted by Gasteiger charge is 2.27. The molecule has 1 aliphatic rings. The minimum atomic E-state index is 0.557. The average Bonchev–Trinajstić information content (AvgIpc) is 2.58. The zero-order valence-corrected chi connectivity index (χ0v) is 13.9. The molecule has 0 spiro atoms. The van der Waals surface area contributed by atoms with E-state index in [9.17, 15) is 0 Å². The summed E-state index contributed by atoms with van der Waals surface area (Å²) in [6.07, 6.45) is 8.41. The molecule has 0 N–H and O–H groups in total. The van der Waals surface area contributed by atoms with Crippen LogP contribution in [-0.4, -0.2) is 28.3 Å². The Labute approximate surface area is 126 Å².